The van der Waals surface area contributed by atoms with E-state index < -0.39 is 12.1 Å². The molecule has 0 aromatic carbocycles. The molecule has 1 spiro atoms. The molecule has 4 rings (SSSR count). The Balaban J connectivity index is 0.000000339. The molecule has 0 radical (unpaired) electrons. The Labute approximate surface area is 180 Å². The molecule has 4 heterocycles. The molecule has 0 saturated carbocycles. The van der Waals surface area contributed by atoms with E-state index in [1.807, 2.05) is 17.9 Å². The third kappa shape index (κ3) is 5.69. The molecule has 1 atom stereocenters. The number of rotatable bonds is 2. The second kappa shape index (κ2) is 9.16. The third-order valence-corrected chi connectivity index (χ3v) is 6.12. The van der Waals surface area contributed by atoms with Gasteiger partial charge in [0.05, 0.1) is 5.56 Å². The van der Waals surface area contributed by atoms with E-state index in [-0.39, 0.29) is 11.3 Å². The van der Waals surface area contributed by atoms with Crippen molar-refractivity contribution in [3.05, 3.63) is 35.1 Å². The lowest BCUT2D eigenvalue weighted by Crippen LogP contribution is -2.45. The quantitative estimate of drug-likeness (QED) is 0.740. The summed E-state index contributed by atoms with van der Waals surface area (Å²) < 4.78 is 31.7. The zero-order chi connectivity index (χ0) is 22.6. The number of hydrogen-bond acceptors (Lipinski definition) is 7. The Morgan fingerprint density at radius 3 is 2.55 bits per heavy atom. The minimum Gasteiger partial charge on any atom is -0.475 e. The monoisotopic (exact) mass is 457 g/mol. The fourth-order valence-corrected chi connectivity index (χ4v) is 4.56. The number of pyridine rings is 1. The Morgan fingerprint density at radius 1 is 1.19 bits per heavy atom. The van der Waals surface area contributed by atoms with Gasteiger partial charge in [0.25, 0.3) is 5.91 Å². The van der Waals surface area contributed by atoms with Crippen LogP contribution in [0.1, 0.15) is 35.2 Å². The van der Waals surface area contributed by atoms with Gasteiger partial charge < -0.3 is 14.9 Å². The van der Waals surface area contributed by atoms with Crippen LogP contribution in [0.5, 0.6) is 0 Å². The fourth-order valence-electron chi connectivity index (χ4n) is 3.97. The number of aryl methyl sites for hydroxylation is 1. The van der Waals surface area contributed by atoms with Crippen LogP contribution in [-0.4, -0.2) is 69.4 Å². The molecular formula is C19H22F3N5O3S. The van der Waals surface area contributed by atoms with Crippen LogP contribution in [0.15, 0.2) is 24.0 Å². The topological polar surface area (TPSA) is 99.5 Å². The molecule has 2 saturated heterocycles. The summed E-state index contributed by atoms with van der Waals surface area (Å²) in [5.41, 5.74) is 3.70. The summed E-state index contributed by atoms with van der Waals surface area (Å²) >= 11 is 1.59. The van der Waals surface area contributed by atoms with Gasteiger partial charge in [-0.05, 0) is 37.8 Å². The first kappa shape index (κ1) is 22.9. The van der Waals surface area contributed by atoms with E-state index in [2.05, 4.69) is 20.1 Å². The lowest BCUT2D eigenvalue weighted by Gasteiger charge is -2.40. The SMILES string of the molecule is Cc1cncc(C(=O)N2CCC3(CCCN(c4nncs4)C3)C2)c1.O=C(O)C(F)(F)F. The number of amides is 1. The van der Waals surface area contributed by atoms with Crippen LogP contribution in [-0.2, 0) is 4.79 Å². The van der Waals surface area contributed by atoms with Gasteiger partial charge in [0.15, 0.2) is 0 Å². The first-order chi connectivity index (χ1) is 14.6. The molecule has 0 aliphatic carbocycles. The number of nitrogens with zero attached hydrogens (tertiary/aromatic N) is 5. The molecule has 1 amide bonds. The molecule has 1 N–H and O–H groups in total. The van der Waals surface area contributed by atoms with Gasteiger partial charge in [-0.25, -0.2) is 4.79 Å². The number of carboxylic acids is 1. The van der Waals surface area contributed by atoms with Crippen molar-refractivity contribution < 1.29 is 27.9 Å². The van der Waals surface area contributed by atoms with Gasteiger partial charge >= 0.3 is 12.1 Å². The van der Waals surface area contributed by atoms with Crippen molar-refractivity contribution in [1.82, 2.24) is 20.1 Å². The maximum atomic E-state index is 12.8. The highest BCUT2D eigenvalue weighted by molar-refractivity contribution is 7.13. The minimum atomic E-state index is -5.08. The van der Waals surface area contributed by atoms with Gasteiger partial charge in [-0.15, -0.1) is 10.2 Å². The summed E-state index contributed by atoms with van der Waals surface area (Å²) in [7, 11) is 0. The lowest BCUT2D eigenvalue weighted by molar-refractivity contribution is -0.192. The molecule has 2 fully saturated rings. The van der Waals surface area contributed by atoms with Crippen molar-refractivity contribution in [2.24, 2.45) is 5.41 Å². The molecule has 2 aliphatic heterocycles. The molecule has 2 aliphatic rings. The standard InChI is InChI=1S/C17H21N5OS.C2HF3O2/c1-13-7-14(9-18-8-13)15(23)21-6-4-17(10-21)3-2-5-22(11-17)16-20-19-12-24-16;3-2(4,5)1(6)7/h7-9,12H,2-6,10-11H2,1H3;(H,6,7). The third-order valence-electron chi connectivity index (χ3n) is 5.37. The zero-order valence-corrected chi connectivity index (χ0v) is 17.6. The zero-order valence-electron chi connectivity index (χ0n) is 16.8. The number of aromatic nitrogens is 3. The van der Waals surface area contributed by atoms with Gasteiger partial charge in [-0.2, -0.15) is 13.2 Å². The number of likely N-dealkylation sites (tertiary alicyclic amines) is 1. The van der Waals surface area contributed by atoms with Crippen LogP contribution in [0, 0.1) is 12.3 Å². The molecule has 31 heavy (non-hydrogen) atoms. The van der Waals surface area contributed by atoms with Crippen molar-refractivity contribution in [3.8, 4) is 0 Å². The van der Waals surface area contributed by atoms with Crippen molar-refractivity contribution in [2.75, 3.05) is 31.1 Å². The van der Waals surface area contributed by atoms with E-state index in [1.165, 1.54) is 6.42 Å². The van der Waals surface area contributed by atoms with Crippen molar-refractivity contribution in [2.45, 2.75) is 32.4 Å². The van der Waals surface area contributed by atoms with Crippen molar-refractivity contribution in [3.63, 3.8) is 0 Å². The number of anilines is 1. The number of halogens is 3. The van der Waals surface area contributed by atoms with Crippen LogP contribution in [0.3, 0.4) is 0 Å². The molecule has 0 bridgehead atoms. The van der Waals surface area contributed by atoms with Crippen LogP contribution in [0.2, 0.25) is 0 Å². The summed E-state index contributed by atoms with van der Waals surface area (Å²) in [5, 5.41) is 16.3. The van der Waals surface area contributed by atoms with Gasteiger partial charge in [0.2, 0.25) is 5.13 Å². The molecule has 8 nitrogen and oxygen atoms in total. The van der Waals surface area contributed by atoms with E-state index in [0.717, 1.165) is 49.7 Å². The number of carboxylic acid groups (broad SMARTS) is 1. The number of hydrogen-bond donors (Lipinski definition) is 1. The average molecular weight is 457 g/mol. The number of carbonyl (C=O) groups is 2. The first-order valence-corrected chi connectivity index (χ1v) is 10.5. The number of carbonyl (C=O) groups excluding carboxylic acids is 1. The van der Waals surface area contributed by atoms with E-state index in [9.17, 15) is 18.0 Å². The van der Waals surface area contributed by atoms with Gasteiger partial charge in [0, 0.05) is 44.0 Å². The highest BCUT2D eigenvalue weighted by Crippen LogP contribution is 2.40. The fraction of sp³-hybridized carbons (Fsp3) is 0.526. The molecule has 168 valence electrons. The molecule has 12 heteroatoms. The van der Waals surface area contributed by atoms with Gasteiger partial charge in [0.1, 0.15) is 5.51 Å². The first-order valence-electron chi connectivity index (χ1n) is 9.62. The number of aliphatic carboxylic acids is 1. The molecule has 2 aromatic heterocycles. The number of piperidine rings is 1. The summed E-state index contributed by atoms with van der Waals surface area (Å²) in [5.74, 6) is -2.65. The van der Waals surface area contributed by atoms with Crippen LogP contribution >= 0.6 is 11.3 Å². The van der Waals surface area contributed by atoms with Crippen molar-refractivity contribution >= 4 is 28.3 Å². The Bertz CT molecular complexity index is 925. The Morgan fingerprint density at radius 2 is 1.94 bits per heavy atom. The second-order valence-corrected chi connectivity index (χ2v) is 8.59. The maximum Gasteiger partial charge on any atom is 0.490 e. The largest absolute Gasteiger partial charge is 0.490 e. The Hall–Kier alpha value is -2.76. The second-order valence-electron chi connectivity index (χ2n) is 7.78. The smallest absolute Gasteiger partial charge is 0.475 e. The summed E-state index contributed by atoms with van der Waals surface area (Å²) in [6, 6.07) is 1.93. The predicted molar refractivity (Wildman–Crippen MR) is 107 cm³/mol. The highest BCUT2D eigenvalue weighted by atomic mass is 32.1. The van der Waals surface area contributed by atoms with Crippen molar-refractivity contribution in [1.29, 1.82) is 0 Å². The molecular weight excluding hydrogens is 435 g/mol. The lowest BCUT2D eigenvalue weighted by atomic mass is 9.79. The van der Waals surface area contributed by atoms with Gasteiger partial charge in [-0.1, -0.05) is 11.3 Å². The van der Waals surface area contributed by atoms with Gasteiger partial charge in [-0.3, -0.25) is 9.78 Å². The summed E-state index contributed by atoms with van der Waals surface area (Å²) in [6.07, 6.45) is 1.76. The average Bonchev–Trinajstić information content (AvgIpc) is 3.38. The summed E-state index contributed by atoms with van der Waals surface area (Å²) in [4.78, 5) is 30.2. The normalized spacial score (nSPS) is 21.0. The van der Waals surface area contributed by atoms with E-state index in [0.29, 0.717) is 5.56 Å². The summed E-state index contributed by atoms with van der Waals surface area (Å²) in [6.45, 7) is 5.63. The maximum absolute atomic E-state index is 12.8. The number of alkyl halides is 3. The Kier molecular flexibility index (Phi) is 6.77. The van der Waals surface area contributed by atoms with Crippen LogP contribution < -0.4 is 4.90 Å². The molecule has 1 unspecified atom stereocenters. The highest BCUT2D eigenvalue weighted by Gasteiger charge is 2.43. The van der Waals surface area contributed by atoms with Crippen LogP contribution in [0.25, 0.3) is 0 Å². The van der Waals surface area contributed by atoms with E-state index >= 15 is 0 Å². The van der Waals surface area contributed by atoms with E-state index in [1.54, 1.807) is 29.2 Å². The predicted octanol–water partition coefficient (Wildman–Crippen LogP) is 3.01. The van der Waals surface area contributed by atoms with Crippen LogP contribution in [0.4, 0.5) is 18.3 Å². The molecule has 2 aromatic rings. The minimum absolute atomic E-state index is 0.108. The van der Waals surface area contributed by atoms with E-state index in [4.69, 9.17) is 9.90 Å².